The van der Waals surface area contributed by atoms with Gasteiger partial charge in [-0.25, -0.2) is 0 Å². The van der Waals surface area contributed by atoms with E-state index in [9.17, 15) is 0 Å². The van der Waals surface area contributed by atoms with Crippen molar-refractivity contribution >= 4 is 5.84 Å². The number of rotatable bonds is 1. The highest BCUT2D eigenvalue weighted by Gasteiger charge is 2.20. The first-order valence-corrected chi connectivity index (χ1v) is 5.76. The molecule has 0 amide bonds. The van der Waals surface area contributed by atoms with Crippen LogP contribution in [-0.4, -0.2) is 31.1 Å². The molecular weight excluding hydrogens is 176 g/mol. The Labute approximate surface area is 85.9 Å². The number of hydrogen-bond acceptors (Lipinski definition) is 3. The summed E-state index contributed by atoms with van der Waals surface area (Å²) in [6, 6.07) is 0.593. The zero-order chi connectivity index (χ0) is 9.80. The summed E-state index contributed by atoms with van der Waals surface area (Å²) in [5, 5.41) is 3.56. The summed E-state index contributed by atoms with van der Waals surface area (Å²) >= 11 is 0. The van der Waals surface area contributed by atoms with Crippen molar-refractivity contribution in [2.24, 2.45) is 4.99 Å². The molecule has 2 atom stereocenters. The lowest BCUT2D eigenvalue weighted by Gasteiger charge is -2.29. The number of nitrogens with one attached hydrogen (secondary N) is 1. The topological polar surface area (TPSA) is 33.6 Å². The highest BCUT2D eigenvalue weighted by atomic mass is 16.5. The SMILES string of the molecule is CC1CC(NC2=NCCCC2)CCO1. The van der Waals surface area contributed by atoms with E-state index in [0.717, 1.165) is 32.4 Å². The van der Waals surface area contributed by atoms with Crippen molar-refractivity contribution in [3.8, 4) is 0 Å². The molecule has 3 nitrogen and oxygen atoms in total. The normalized spacial score (nSPS) is 33.6. The lowest BCUT2D eigenvalue weighted by atomic mass is 10.0. The molecule has 0 spiro atoms. The highest BCUT2D eigenvalue weighted by Crippen LogP contribution is 2.14. The van der Waals surface area contributed by atoms with Gasteiger partial charge in [0.05, 0.1) is 11.9 Å². The van der Waals surface area contributed by atoms with Gasteiger partial charge in [0.15, 0.2) is 0 Å². The predicted molar refractivity (Wildman–Crippen MR) is 57.7 cm³/mol. The maximum Gasteiger partial charge on any atom is 0.0965 e. The Bertz CT molecular complexity index is 215. The highest BCUT2D eigenvalue weighted by molar-refractivity contribution is 5.82. The van der Waals surface area contributed by atoms with Gasteiger partial charge in [0.2, 0.25) is 0 Å². The molecule has 0 saturated carbocycles. The van der Waals surface area contributed by atoms with Crippen LogP contribution in [0.2, 0.25) is 0 Å². The monoisotopic (exact) mass is 196 g/mol. The van der Waals surface area contributed by atoms with Gasteiger partial charge in [0.25, 0.3) is 0 Å². The minimum atomic E-state index is 0.408. The lowest BCUT2D eigenvalue weighted by molar-refractivity contribution is 0.0165. The third kappa shape index (κ3) is 2.71. The molecule has 1 fully saturated rings. The molecule has 2 heterocycles. The Morgan fingerprint density at radius 2 is 2.36 bits per heavy atom. The van der Waals surface area contributed by atoms with Gasteiger partial charge in [-0.2, -0.15) is 0 Å². The van der Waals surface area contributed by atoms with E-state index in [1.54, 1.807) is 0 Å². The van der Waals surface area contributed by atoms with Crippen molar-refractivity contribution in [2.45, 2.75) is 51.2 Å². The Balaban J connectivity index is 1.80. The molecular formula is C11H20N2O. The first-order valence-electron chi connectivity index (χ1n) is 5.76. The van der Waals surface area contributed by atoms with Crippen LogP contribution in [0.15, 0.2) is 4.99 Å². The largest absolute Gasteiger partial charge is 0.378 e. The van der Waals surface area contributed by atoms with Gasteiger partial charge < -0.3 is 10.1 Å². The van der Waals surface area contributed by atoms with Crippen molar-refractivity contribution in [1.29, 1.82) is 0 Å². The first kappa shape index (κ1) is 9.97. The molecule has 3 heteroatoms. The second kappa shape index (κ2) is 4.78. The van der Waals surface area contributed by atoms with Crippen LogP contribution in [0, 0.1) is 0 Å². The van der Waals surface area contributed by atoms with Crippen molar-refractivity contribution in [2.75, 3.05) is 13.2 Å². The van der Waals surface area contributed by atoms with Crippen LogP contribution >= 0.6 is 0 Å². The van der Waals surface area contributed by atoms with E-state index >= 15 is 0 Å². The average Bonchev–Trinajstić information content (AvgIpc) is 2.19. The number of amidine groups is 1. The third-order valence-electron chi connectivity index (χ3n) is 2.98. The Morgan fingerprint density at radius 3 is 3.07 bits per heavy atom. The van der Waals surface area contributed by atoms with Crippen LogP contribution < -0.4 is 5.32 Å². The molecule has 2 aliphatic rings. The molecule has 80 valence electrons. The Morgan fingerprint density at radius 1 is 1.43 bits per heavy atom. The number of ether oxygens (including phenoxy) is 1. The van der Waals surface area contributed by atoms with Crippen LogP contribution in [0.3, 0.4) is 0 Å². The van der Waals surface area contributed by atoms with Crippen molar-refractivity contribution in [1.82, 2.24) is 5.32 Å². The third-order valence-corrected chi connectivity index (χ3v) is 2.98. The molecule has 1 saturated heterocycles. The smallest absolute Gasteiger partial charge is 0.0965 e. The van der Waals surface area contributed by atoms with E-state index in [4.69, 9.17) is 4.74 Å². The minimum Gasteiger partial charge on any atom is -0.378 e. The molecule has 1 N–H and O–H groups in total. The zero-order valence-corrected chi connectivity index (χ0v) is 8.96. The van der Waals surface area contributed by atoms with Gasteiger partial charge in [-0.1, -0.05) is 0 Å². The van der Waals surface area contributed by atoms with E-state index in [2.05, 4.69) is 17.2 Å². The van der Waals surface area contributed by atoms with Gasteiger partial charge >= 0.3 is 0 Å². The minimum absolute atomic E-state index is 0.408. The molecule has 0 aromatic heterocycles. The average molecular weight is 196 g/mol. The van der Waals surface area contributed by atoms with Crippen LogP contribution in [0.25, 0.3) is 0 Å². The van der Waals surface area contributed by atoms with E-state index in [1.165, 1.54) is 18.7 Å². The standard InChI is InChI=1S/C11H20N2O/c1-9-8-10(5-7-14-9)13-11-4-2-3-6-12-11/h9-10H,2-8H2,1H3,(H,12,13). The fourth-order valence-electron chi connectivity index (χ4n) is 2.18. The molecule has 14 heavy (non-hydrogen) atoms. The van der Waals surface area contributed by atoms with Crippen LogP contribution in [0.5, 0.6) is 0 Å². The van der Waals surface area contributed by atoms with Crippen molar-refractivity contribution < 1.29 is 4.74 Å². The van der Waals surface area contributed by atoms with Crippen LogP contribution in [-0.2, 0) is 4.74 Å². The van der Waals surface area contributed by atoms with E-state index in [0.29, 0.717) is 12.1 Å². The van der Waals surface area contributed by atoms with Gasteiger partial charge in [-0.15, -0.1) is 0 Å². The second-order valence-electron chi connectivity index (χ2n) is 4.33. The molecule has 2 unspecified atom stereocenters. The first-order chi connectivity index (χ1) is 6.84. The summed E-state index contributed by atoms with van der Waals surface area (Å²) in [4.78, 5) is 4.51. The fourth-order valence-corrected chi connectivity index (χ4v) is 2.18. The lowest BCUT2D eigenvalue weighted by Crippen LogP contribution is -2.41. The predicted octanol–water partition coefficient (Wildman–Crippen LogP) is 1.73. The molecule has 0 aromatic rings. The van der Waals surface area contributed by atoms with Crippen molar-refractivity contribution in [3.63, 3.8) is 0 Å². The van der Waals surface area contributed by atoms with E-state index < -0.39 is 0 Å². The van der Waals surface area contributed by atoms with Gasteiger partial charge in [-0.3, -0.25) is 4.99 Å². The summed E-state index contributed by atoms with van der Waals surface area (Å²) in [7, 11) is 0. The molecule has 0 bridgehead atoms. The Hall–Kier alpha value is -0.570. The maximum atomic E-state index is 5.52. The zero-order valence-electron chi connectivity index (χ0n) is 8.96. The number of nitrogens with zero attached hydrogens (tertiary/aromatic N) is 1. The van der Waals surface area contributed by atoms with Gasteiger partial charge in [0, 0.05) is 25.6 Å². The van der Waals surface area contributed by atoms with Crippen molar-refractivity contribution in [3.05, 3.63) is 0 Å². The molecule has 2 rings (SSSR count). The molecule has 0 aliphatic carbocycles. The van der Waals surface area contributed by atoms with E-state index in [-0.39, 0.29) is 0 Å². The summed E-state index contributed by atoms with van der Waals surface area (Å²) < 4.78 is 5.52. The van der Waals surface area contributed by atoms with Gasteiger partial charge in [0.1, 0.15) is 0 Å². The molecule has 0 radical (unpaired) electrons. The number of hydrogen-bond donors (Lipinski definition) is 1. The summed E-state index contributed by atoms with van der Waals surface area (Å²) in [5.74, 6) is 1.23. The molecule has 2 aliphatic heterocycles. The van der Waals surface area contributed by atoms with Crippen LogP contribution in [0.4, 0.5) is 0 Å². The van der Waals surface area contributed by atoms with Gasteiger partial charge in [-0.05, 0) is 32.6 Å². The summed E-state index contributed by atoms with van der Waals surface area (Å²) in [6.45, 7) is 4.06. The maximum absolute atomic E-state index is 5.52. The van der Waals surface area contributed by atoms with E-state index in [1.807, 2.05) is 0 Å². The second-order valence-corrected chi connectivity index (χ2v) is 4.33. The summed E-state index contributed by atoms with van der Waals surface area (Å²) in [5.41, 5.74) is 0. The quantitative estimate of drug-likeness (QED) is 0.693. The summed E-state index contributed by atoms with van der Waals surface area (Å²) in [6.07, 6.45) is 6.36. The van der Waals surface area contributed by atoms with Crippen LogP contribution in [0.1, 0.15) is 39.0 Å². The number of aliphatic imine (C=N–C) groups is 1. The Kier molecular flexibility index (Phi) is 3.40. The molecule has 0 aromatic carbocycles. The fraction of sp³-hybridized carbons (Fsp3) is 0.909.